The van der Waals surface area contributed by atoms with Crippen molar-refractivity contribution in [3.05, 3.63) is 48.5 Å². The second-order valence-electron chi connectivity index (χ2n) is 6.06. The summed E-state index contributed by atoms with van der Waals surface area (Å²) < 4.78 is 28.9. The molecule has 4 N–H and O–H groups in total. The lowest BCUT2D eigenvalue weighted by Crippen LogP contribution is -2.35. The summed E-state index contributed by atoms with van der Waals surface area (Å²) in [5.41, 5.74) is 5.55. The normalized spacial score (nSPS) is 16.7. The number of azo groups is 1. The van der Waals surface area contributed by atoms with Gasteiger partial charge in [0, 0.05) is 0 Å². The van der Waals surface area contributed by atoms with Crippen molar-refractivity contribution in [2.45, 2.75) is 17.9 Å². The van der Waals surface area contributed by atoms with Crippen LogP contribution in [0.15, 0.2) is 68.8 Å². The number of primary sulfonamides is 1. The number of sulfonamides is 1. The van der Waals surface area contributed by atoms with E-state index in [-0.39, 0.29) is 28.7 Å². The molecule has 0 fully saturated rings. The predicted octanol–water partition coefficient (Wildman–Crippen LogP) is 1.07. The zero-order chi connectivity index (χ0) is 21.9. The molecule has 156 valence electrons. The highest BCUT2D eigenvalue weighted by atomic mass is 32.2. The average molecular weight is 430 g/mol. The third-order valence-electron chi connectivity index (χ3n) is 3.98. The predicted molar refractivity (Wildman–Crippen MR) is 108 cm³/mol. The smallest absolute Gasteiger partial charge is 0.280 e. The molecule has 12 heteroatoms. The quantitative estimate of drug-likeness (QED) is 0.625. The first-order valence-electron chi connectivity index (χ1n) is 8.70. The van der Waals surface area contributed by atoms with Crippen LogP contribution in [0.3, 0.4) is 0 Å². The fourth-order valence-electron chi connectivity index (χ4n) is 2.67. The maximum Gasteiger partial charge on any atom is 0.280 e. The summed E-state index contributed by atoms with van der Waals surface area (Å²) in [7, 11) is -4.09. The van der Waals surface area contributed by atoms with E-state index in [9.17, 15) is 18.0 Å². The van der Waals surface area contributed by atoms with Crippen LogP contribution in [0, 0.1) is 0 Å². The van der Waals surface area contributed by atoms with Gasteiger partial charge in [0.15, 0.2) is 5.71 Å². The van der Waals surface area contributed by atoms with E-state index in [1.807, 2.05) is 0 Å². The molecule has 1 unspecified atom stereocenters. The zero-order valence-corrected chi connectivity index (χ0v) is 16.6. The third-order valence-corrected chi connectivity index (χ3v) is 4.92. The number of ether oxygens (including phenoxy) is 1. The number of para-hydroxylation sites is 1. The van der Waals surface area contributed by atoms with Gasteiger partial charge in [-0.05, 0) is 37.3 Å². The molecule has 0 aliphatic carbocycles. The summed E-state index contributed by atoms with van der Waals surface area (Å²) in [5, 5.41) is 18.0. The lowest BCUT2D eigenvalue weighted by molar-refractivity contribution is -0.118. The van der Waals surface area contributed by atoms with Gasteiger partial charge in [0.25, 0.3) is 11.8 Å². The molecule has 1 atom stereocenters. The van der Waals surface area contributed by atoms with Gasteiger partial charge in [-0.15, -0.1) is 0 Å². The first-order chi connectivity index (χ1) is 14.2. The summed E-state index contributed by atoms with van der Waals surface area (Å²) in [6.07, 6.45) is 0. The highest BCUT2D eigenvalue weighted by Crippen LogP contribution is 2.29. The van der Waals surface area contributed by atoms with Crippen LogP contribution in [0.1, 0.15) is 6.92 Å². The van der Waals surface area contributed by atoms with Crippen LogP contribution < -0.4 is 20.6 Å². The molecule has 2 aromatic carbocycles. The Hall–Kier alpha value is -3.64. The number of hydrogen-bond acceptors (Lipinski definition) is 8. The number of amides is 2. The Morgan fingerprint density at radius 3 is 2.53 bits per heavy atom. The second kappa shape index (κ2) is 8.39. The van der Waals surface area contributed by atoms with Crippen LogP contribution in [0.25, 0.3) is 0 Å². The fourth-order valence-corrected chi connectivity index (χ4v) is 3.36. The van der Waals surface area contributed by atoms with Gasteiger partial charge < -0.3 is 10.5 Å². The molecule has 1 heterocycles. The summed E-state index contributed by atoms with van der Waals surface area (Å²) in [6.45, 7) is 1.92. The molecule has 1 aliphatic rings. The van der Waals surface area contributed by atoms with E-state index >= 15 is 0 Å². The summed E-state index contributed by atoms with van der Waals surface area (Å²) in [5.74, 6) is -1.50. The Bertz CT molecular complexity index is 1150. The number of nitrogens with zero attached hydrogens (tertiary/aromatic N) is 4. The van der Waals surface area contributed by atoms with Crippen molar-refractivity contribution >= 4 is 38.9 Å². The molecular weight excluding hydrogens is 412 g/mol. The summed E-state index contributed by atoms with van der Waals surface area (Å²) in [6, 6.07) is 11.0. The minimum atomic E-state index is -4.09. The molecule has 0 spiro atoms. The van der Waals surface area contributed by atoms with Gasteiger partial charge in [0.1, 0.15) is 10.6 Å². The molecule has 3 rings (SSSR count). The van der Waals surface area contributed by atoms with Crippen molar-refractivity contribution < 1.29 is 22.7 Å². The van der Waals surface area contributed by atoms with Crippen LogP contribution in [-0.2, 0) is 19.6 Å². The van der Waals surface area contributed by atoms with E-state index in [2.05, 4.69) is 15.3 Å². The van der Waals surface area contributed by atoms with E-state index in [0.717, 1.165) is 11.1 Å². The highest BCUT2D eigenvalue weighted by molar-refractivity contribution is 7.89. The summed E-state index contributed by atoms with van der Waals surface area (Å²) >= 11 is 0. The molecule has 0 bridgehead atoms. The van der Waals surface area contributed by atoms with Crippen molar-refractivity contribution in [1.29, 1.82) is 0 Å². The minimum Gasteiger partial charge on any atom is -0.492 e. The van der Waals surface area contributed by atoms with E-state index in [1.165, 1.54) is 12.1 Å². The first kappa shape index (κ1) is 21.1. The van der Waals surface area contributed by atoms with Crippen molar-refractivity contribution in [2.75, 3.05) is 11.6 Å². The van der Waals surface area contributed by atoms with Crippen LogP contribution >= 0.6 is 0 Å². The standard InChI is InChI=1S/C18H18N6O5S/c1-2-29-13-9-8-11(10-14(13)30(20,27)28)21-22-16-15(17(19)25)23-24(18(16)26)12-6-4-3-5-7-12/h3-10,16H,2H2,1H3,(H2,19,25)(H2,20,27,28)/b22-21+. The molecule has 1 aliphatic heterocycles. The molecule has 0 aromatic heterocycles. The fraction of sp³-hybridized carbons (Fsp3) is 0.167. The van der Waals surface area contributed by atoms with Crippen LogP contribution in [0.4, 0.5) is 11.4 Å². The molecule has 11 nitrogen and oxygen atoms in total. The number of carbonyl (C=O) groups is 2. The van der Waals surface area contributed by atoms with Crippen LogP contribution in [-0.4, -0.2) is 38.6 Å². The number of primary amides is 1. The Morgan fingerprint density at radius 2 is 1.93 bits per heavy atom. The van der Waals surface area contributed by atoms with Crippen molar-refractivity contribution in [3.63, 3.8) is 0 Å². The number of anilines is 1. The highest BCUT2D eigenvalue weighted by Gasteiger charge is 2.40. The van der Waals surface area contributed by atoms with E-state index in [1.54, 1.807) is 37.3 Å². The number of hydrogen-bond donors (Lipinski definition) is 2. The van der Waals surface area contributed by atoms with Crippen LogP contribution in [0.5, 0.6) is 5.75 Å². The zero-order valence-electron chi connectivity index (χ0n) is 15.8. The lowest BCUT2D eigenvalue weighted by Gasteiger charge is -2.11. The van der Waals surface area contributed by atoms with Gasteiger partial charge in [0.2, 0.25) is 16.1 Å². The Balaban J connectivity index is 1.94. The van der Waals surface area contributed by atoms with Crippen molar-refractivity contribution in [1.82, 2.24) is 0 Å². The van der Waals surface area contributed by atoms with Gasteiger partial charge in [0.05, 0.1) is 18.0 Å². The van der Waals surface area contributed by atoms with Gasteiger partial charge in [-0.1, -0.05) is 18.2 Å². The molecule has 2 amide bonds. The van der Waals surface area contributed by atoms with Gasteiger partial charge in [-0.3, -0.25) is 9.59 Å². The largest absolute Gasteiger partial charge is 0.492 e. The number of nitrogens with two attached hydrogens (primary N) is 2. The maximum absolute atomic E-state index is 12.7. The van der Waals surface area contributed by atoms with Crippen molar-refractivity contribution in [3.8, 4) is 5.75 Å². The van der Waals surface area contributed by atoms with Gasteiger partial charge in [-0.2, -0.15) is 20.3 Å². The number of carbonyl (C=O) groups excluding carboxylic acids is 2. The number of benzene rings is 2. The SMILES string of the molecule is CCOc1ccc(/N=N/C2C(=O)N(c3ccccc3)N=C2C(N)=O)cc1S(N)(=O)=O. The third kappa shape index (κ3) is 4.34. The van der Waals surface area contributed by atoms with Gasteiger partial charge >= 0.3 is 0 Å². The lowest BCUT2D eigenvalue weighted by atomic mass is 10.2. The van der Waals surface area contributed by atoms with E-state index in [0.29, 0.717) is 5.69 Å². The monoisotopic (exact) mass is 430 g/mol. The maximum atomic E-state index is 12.7. The summed E-state index contributed by atoms with van der Waals surface area (Å²) in [4.78, 5) is 24.2. The van der Waals surface area contributed by atoms with Crippen LogP contribution in [0.2, 0.25) is 0 Å². The molecule has 30 heavy (non-hydrogen) atoms. The Morgan fingerprint density at radius 1 is 1.23 bits per heavy atom. The second-order valence-corrected chi connectivity index (χ2v) is 7.59. The Labute approximate surface area is 172 Å². The van der Waals surface area contributed by atoms with E-state index < -0.39 is 27.9 Å². The number of hydrazone groups is 1. The van der Waals surface area contributed by atoms with E-state index in [4.69, 9.17) is 15.6 Å². The molecular formula is C18H18N6O5S. The average Bonchev–Trinajstić information content (AvgIpc) is 3.04. The molecule has 2 aromatic rings. The topological polar surface area (TPSA) is 170 Å². The van der Waals surface area contributed by atoms with Gasteiger partial charge in [-0.25, -0.2) is 13.6 Å². The minimum absolute atomic E-state index is 0.0607. The Kier molecular flexibility index (Phi) is 5.89. The number of rotatable bonds is 7. The first-order valence-corrected chi connectivity index (χ1v) is 10.2. The molecule has 0 radical (unpaired) electrons. The molecule has 0 saturated carbocycles. The van der Waals surface area contributed by atoms with Crippen molar-refractivity contribution in [2.24, 2.45) is 26.2 Å². The molecule has 0 saturated heterocycles.